The van der Waals surface area contributed by atoms with E-state index in [4.69, 9.17) is 11.6 Å². The summed E-state index contributed by atoms with van der Waals surface area (Å²) in [6, 6.07) is 8.04. The van der Waals surface area contributed by atoms with Crippen molar-refractivity contribution < 1.29 is 4.79 Å². The van der Waals surface area contributed by atoms with Gasteiger partial charge in [-0.2, -0.15) is 16.9 Å². The lowest BCUT2D eigenvalue weighted by Crippen LogP contribution is -2.33. The summed E-state index contributed by atoms with van der Waals surface area (Å²) in [5.41, 5.74) is 4.42. The molecular weight excluding hydrogens is 354 g/mol. The lowest BCUT2D eigenvalue weighted by molar-refractivity contribution is -0.130. The molecule has 25 heavy (non-hydrogen) atoms. The zero-order valence-corrected chi connectivity index (χ0v) is 16.3. The van der Waals surface area contributed by atoms with Crippen LogP contribution >= 0.6 is 23.4 Å². The van der Waals surface area contributed by atoms with Crippen molar-refractivity contribution >= 4 is 29.3 Å². The van der Waals surface area contributed by atoms with E-state index in [9.17, 15) is 4.79 Å². The summed E-state index contributed by atoms with van der Waals surface area (Å²) in [7, 11) is 0. The summed E-state index contributed by atoms with van der Waals surface area (Å²) >= 11 is 8.24. The van der Waals surface area contributed by atoms with Crippen LogP contribution in [0.3, 0.4) is 0 Å². The molecule has 6 heteroatoms. The van der Waals surface area contributed by atoms with Crippen LogP contribution in [0.5, 0.6) is 0 Å². The smallest absolute Gasteiger partial charge is 0.222 e. The molecule has 0 bridgehead atoms. The molecule has 1 aromatic heterocycles. The van der Waals surface area contributed by atoms with Gasteiger partial charge in [-0.3, -0.25) is 9.89 Å². The molecule has 0 saturated carbocycles. The maximum atomic E-state index is 12.6. The summed E-state index contributed by atoms with van der Waals surface area (Å²) < 4.78 is 0. The van der Waals surface area contributed by atoms with E-state index in [1.165, 1.54) is 11.1 Å². The van der Waals surface area contributed by atoms with E-state index in [1.54, 1.807) is 0 Å². The average Bonchev–Trinajstić information content (AvgIpc) is 2.79. The Morgan fingerprint density at radius 2 is 2.16 bits per heavy atom. The molecule has 1 N–H and O–H groups in total. The molecule has 1 aromatic carbocycles. The van der Waals surface area contributed by atoms with Crippen LogP contribution in [0.25, 0.3) is 0 Å². The van der Waals surface area contributed by atoms with Gasteiger partial charge in [-0.15, -0.1) is 0 Å². The van der Waals surface area contributed by atoms with Crippen molar-refractivity contribution in [3.8, 4) is 0 Å². The van der Waals surface area contributed by atoms with E-state index in [0.717, 1.165) is 48.1 Å². The van der Waals surface area contributed by atoms with Crippen molar-refractivity contribution in [2.75, 3.05) is 18.8 Å². The van der Waals surface area contributed by atoms with Crippen molar-refractivity contribution in [2.45, 2.75) is 38.4 Å². The molecular formula is C19H24ClN3OS. The number of H-pyrrole nitrogens is 1. The number of nitrogens with zero attached hydrogens (tertiary/aromatic N) is 2. The van der Waals surface area contributed by atoms with Gasteiger partial charge in [-0.05, 0) is 43.9 Å². The summed E-state index contributed by atoms with van der Waals surface area (Å²) in [5.74, 6) is 1.19. The fourth-order valence-corrected chi connectivity index (χ4v) is 4.94. The molecule has 0 spiro atoms. The molecule has 1 fully saturated rings. The number of amides is 1. The van der Waals surface area contributed by atoms with Crippen molar-refractivity contribution in [1.82, 2.24) is 15.1 Å². The van der Waals surface area contributed by atoms with Crippen LogP contribution < -0.4 is 0 Å². The number of hydrogen-bond donors (Lipinski definition) is 1. The second-order valence-electron chi connectivity index (χ2n) is 6.46. The number of carbonyl (C=O) groups excluding carboxylic acids is 1. The van der Waals surface area contributed by atoms with Crippen LogP contribution in [-0.2, 0) is 11.2 Å². The van der Waals surface area contributed by atoms with E-state index in [0.29, 0.717) is 11.7 Å². The number of hydrogen-bond acceptors (Lipinski definition) is 3. The van der Waals surface area contributed by atoms with Crippen molar-refractivity contribution in [1.29, 1.82) is 0 Å². The maximum Gasteiger partial charge on any atom is 0.222 e. The molecule has 1 aliphatic heterocycles. The minimum Gasteiger partial charge on any atom is -0.342 e. The molecule has 1 saturated heterocycles. The van der Waals surface area contributed by atoms with Crippen LogP contribution in [0, 0.1) is 13.8 Å². The van der Waals surface area contributed by atoms with Crippen LogP contribution in [-0.4, -0.2) is 39.8 Å². The maximum absolute atomic E-state index is 12.6. The van der Waals surface area contributed by atoms with Gasteiger partial charge >= 0.3 is 0 Å². The third kappa shape index (κ3) is 4.39. The summed E-state index contributed by atoms with van der Waals surface area (Å²) in [4.78, 5) is 14.6. The SMILES string of the molecule is Cc1n[nH]c(C)c1CCC(=O)N1CCS[C@H](c2ccccc2Cl)CC1. The lowest BCUT2D eigenvalue weighted by atomic mass is 10.1. The zero-order valence-electron chi connectivity index (χ0n) is 14.7. The Bertz CT molecular complexity index is 727. The number of aromatic amines is 1. The summed E-state index contributed by atoms with van der Waals surface area (Å²) in [6.45, 7) is 5.61. The second kappa shape index (κ2) is 8.28. The first-order valence-electron chi connectivity index (χ1n) is 8.70. The van der Waals surface area contributed by atoms with Gasteiger partial charge in [0.05, 0.1) is 5.69 Å². The molecule has 0 aliphatic carbocycles. The summed E-state index contributed by atoms with van der Waals surface area (Å²) in [5, 5.41) is 8.39. The van der Waals surface area contributed by atoms with E-state index in [-0.39, 0.29) is 5.91 Å². The predicted molar refractivity (Wildman–Crippen MR) is 104 cm³/mol. The van der Waals surface area contributed by atoms with Crippen LogP contribution in [0.4, 0.5) is 0 Å². The molecule has 0 radical (unpaired) electrons. The Morgan fingerprint density at radius 1 is 1.36 bits per heavy atom. The highest BCUT2D eigenvalue weighted by Crippen LogP contribution is 2.37. The number of carbonyl (C=O) groups is 1. The number of benzene rings is 1. The summed E-state index contributed by atoms with van der Waals surface area (Å²) in [6.07, 6.45) is 2.25. The molecule has 134 valence electrons. The van der Waals surface area contributed by atoms with Gasteiger partial charge < -0.3 is 4.90 Å². The van der Waals surface area contributed by atoms with Gasteiger partial charge in [0.15, 0.2) is 0 Å². The van der Waals surface area contributed by atoms with Gasteiger partial charge in [-0.25, -0.2) is 0 Å². The zero-order chi connectivity index (χ0) is 17.8. The molecule has 4 nitrogen and oxygen atoms in total. The van der Waals surface area contributed by atoms with Crippen LogP contribution in [0.1, 0.15) is 40.6 Å². The normalized spacial score (nSPS) is 18.2. The first-order valence-corrected chi connectivity index (χ1v) is 10.1. The van der Waals surface area contributed by atoms with Crippen LogP contribution in [0.2, 0.25) is 5.02 Å². The molecule has 2 aromatic rings. The number of thioether (sulfide) groups is 1. The number of rotatable bonds is 4. The standard InChI is InChI=1S/C19H24ClN3OS/c1-13-15(14(2)22-21-13)7-8-19(24)23-10-9-18(25-12-11-23)16-5-3-4-6-17(16)20/h3-6,18H,7-12H2,1-2H3,(H,21,22)/t18-/m0/s1. The fraction of sp³-hybridized carbons (Fsp3) is 0.474. The Balaban J connectivity index is 1.57. The van der Waals surface area contributed by atoms with E-state index in [2.05, 4.69) is 16.3 Å². The first kappa shape index (κ1) is 18.3. The number of nitrogens with one attached hydrogen (secondary N) is 1. The predicted octanol–water partition coefficient (Wildman–Crippen LogP) is 4.32. The van der Waals surface area contributed by atoms with Crippen molar-refractivity contribution in [3.63, 3.8) is 0 Å². The highest BCUT2D eigenvalue weighted by Gasteiger charge is 2.23. The average molecular weight is 378 g/mol. The van der Waals surface area contributed by atoms with Crippen molar-refractivity contribution in [3.05, 3.63) is 51.8 Å². The molecule has 2 heterocycles. The Morgan fingerprint density at radius 3 is 2.88 bits per heavy atom. The van der Waals surface area contributed by atoms with E-state index >= 15 is 0 Å². The van der Waals surface area contributed by atoms with Gasteiger partial charge in [0.25, 0.3) is 0 Å². The quantitative estimate of drug-likeness (QED) is 0.863. The molecule has 1 amide bonds. The molecule has 3 rings (SSSR count). The minimum absolute atomic E-state index is 0.236. The van der Waals surface area contributed by atoms with Crippen LogP contribution in [0.15, 0.2) is 24.3 Å². The molecule has 0 unspecified atom stereocenters. The highest BCUT2D eigenvalue weighted by atomic mass is 35.5. The highest BCUT2D eigenvalue weighted by molar-refractivity contribution is 7.99. The second-order valence-corrected chi connectivity index (χ2v) is 8.18. The Hall–Kier alpha value is -1.46. The molecule has 1 aliphatic rings. The van der Waals surface area contributed by atoms with Gasteiger partial charge in [-0.1, -0.05) is 29.8 Å². The lowest BCUT2D eigenvalue weighted by Gasteiger charge is -2.20. The Labute approximate surface area is 158 Å². The Kier molecular flexibility index (Phi) is 6.07. The topological polar surface area (TPSA) is 49.0 Å². The van der Waals surface area contributed by atoms with E-state index in [1.807, 2.05) is 48.7 Å². The number of halogens is 1. The fourth-order valence-electron chi connectivity index (χ4n) is 3.34. The largest absolute Gasteiger partial charge is 0.342 e. The van der Waals surface area contributed by atoms with Gasteiger partial charge in [0.2, 0.25) is 5.91 Å². The minimum atomic E-state index is 0.236. The van der Waals surface area contributed by atoms with E-state index < -0.39 is 0 Å². The molecule has 1 atom stereocenters. The van der Waals surface area contributed by atoms with Gasteiger partial charge in [0.1, 0.15) is 0 Å². The van der Waals surface area contributed by atoms with Crippen molar-refractivity contribution in [2.24, 2.45) is 0 Å². The monoisotopic (exact) mass is 377 g/mol. The first-order chi connectivity index (χ1) is 12.1. The third-order valence-corrected chi connectivity index (χ3v) is 6.47. The number of aromatic nitrogens is 2. The van der Waals surface area contributed by atoms with Gasteiger partial charge in [0, 0.05) is 41.2 Å². The third-order valence-electron chi connectivity index (χ3n) is 4.82. The number of aryl methyl sites for hydroxylation is 2.